The Bertz CT molecular complexity index is 1070. The normalized spacial score (nSPS) is 11.0. The predicted octanol–water partition coefficient (Wildman–Crippen LogP) is 5.63. The van der Waals surface area contributed by atoms with E-state index in [0.29, 0.717) is 16.5 Å². The topological polar surface area (TPSA) is 67.4 Å². The monoisotopic (exact) mass is 448 g/mol. The van der Waals surface area contributed by atoms with Crippen molar-refractivity contribution < 1.29 is 27.5 Å². The van der Waals surface area contributed by atoms with Crippen LogP contribution in [-0.4, -0.2) is 18.4 Å². The Morgan fingerprint density at radius 2 is 1.55 bits per heavy atom. The Balaban J connectivity index is 1.55. The number of alkyl halides is 3. The molecule has 0 aliphatic rings. The summed E-state index contributed by atoms with van der Waals surface area (Å²) in [6, 6.07) is 16.8. The van der Waals surface area contributed by atoms with E-state index < -0.39 is 23.6 Å². The Kier molecular flexibility index (Phi) is 6.81. The van der Waals surface area contributed by atoms with Crippen LogP contribution in [-0.2, 0) is 11.0 Å². The SMILES string of the molecule is O=C(COc1ccc(Cl)cc1)Nc1ccc(C(=O)Nc2cccc(C(F)(F)F)c2)cc1. The Labute approximate surface area is 180 Å². The summed E-state index contributed by atoms with van der Waals surface area (Å²) in [4.78, 5) is 24.3. The van der Waals surface area contributed by atoms with E-state index >= 15 is 0 Å². The van der Waals surface area contributed by atoms with Gasteiger partial charge in [0.05, 0.1) is 5.56 Å². The van der Waals surface area contributed by atoms with Gasteiger partial charge in [-0.2, -0.15) is 13.2 Å². The number of rotatable bonds is 6. The molecule has 3 aromatic carbocycles. The highest BCUT2D eigenvalue weighted by atomic mass is 35.5. The summed E-state index contributed by atoms with van der Waals surface area (Å²) >= 11 is 5.78. The van der Waals surface area contributed by atoms with Crippen LogP contribution in [0.15, 0.2) is 72.8 Å². The van der Waals surface area contributed by atoms with Gasteiger partial charge in [0.15, 0.2) is 6.61 Å². The zero-order chi connectivity index (χ0) is 22.4. The van der Waals surface area contributed by atoms with Gasteiger partial charge in [0.1, 0.15) is 5.75 Å². The molecule has 3 rings (SSSR count). The second-order valence-electron chi connectivity index (χ2n) is 6.40. The first-order valence-corrected chi connectivity index (χ1v) is 9.35. The Morgan fingerprint density at radius 1 is 0.871 bits per heavy atom. The molecule has 0 unspecified atom stereocenters. The van der Waals surface area contributed by atoms with Gasteiger partial charge in [-0.15, -0.1) is 0 Å². The summed E-state index contributed by atoms with van der Waals surface area (Å²) < 4.78 is 43.7. The van der Waals surface area contributed by atoms with Gasteiger partial charge >= 0.3 is 6.18 Å². The number of carbonyl (C=O) groups excluding carboxylic acids is 2. The van der Waals surface area contributed by atoms with E-state index in [0.717, 1.165) is 12.1 Å². The van der Waals surface area contributed by atoms with Gasteiger partial charge in [0, 0.05) is 22.0 Å². The van der Waals surface area contributed by atoms with Gasteiger partial charge < -0.3 is 15.4 Å². The average Bonchev–Trinajstić information content (AvgIpc) is 2.73. The van der Waals surface area contributed by atoms with E-state index in [1.54, 1.807) is 24.3 Å². The molecule has 0 radical (unpaired) electrons. The zero-order valence-electron chi connectivity index (χ0n) is 15.9. The van der Waals surface area contributed by atoms with Crippen LogP contribution in [0.3, 0.4) is 0 Å². The fourth-order valence-corrected chi connectivity index (χ4v) is 2.68. The highest BCUT2D eigenvalue weighted by Crippen LogP contribution is 2.30. The third-order valence-electron chi connectivity index (χ3n) is 4.06. The third-order valence-corrected chi connectivity index (χ3v) is 4.31. The van der Waals surface area contributed by atoms with Gasteiger partial charge in [0.25, 0.3) is 11.8 Å². The van der Waals surface area contributed by atoms with E-state index in [2.05, 4.69) is 10.6 Å². The maximum atomic E-state index is 12.8. The molecule has 2 amide bonds. The Morgan fingerprint density at radius 3 is 2.19 bits per heavy atom. The molecule has 0 aliphatic carbocycles. The number of hydrogen-bond acceptors (Lipinski definition) is 3. The first-order valence-electron chi connectivity index (χ1n) is 8.97. The van der Waals surface area contributed by atoms with Crippen LogP contribution in [0.25, 0.3) is 0 Å². The molecule has 3 aromatic rings. The molecule has 0 bridgehead atoms. The van der Waals surface area contributed by atoms with Crippen LogP contribution in [0.4, 0.5) is 24.5 Å². The number of nitrogens with one attached hydrogen (secondary N) is 2. The minimum absolute atomic E-state index is 0.0246. The standard InChI is InChI=1S/C22H16ClF3N2O3/c23-16-6-10-19(11-7-16)31-13-20(29)27-17-8-4-14(5-9-17)21(30)28-18-3-1-2-15(12-18)22(24,25)26/h1-12H,13H2,(H,27,29)(H,28,30). The molecule has 0 fully saturated rings. The number of amides is 2. The second kappa shape index (κ2) is 9.53. The summed E-state index contributed by atoms with van der Waals surface area (Å²) in [5, 5.41) is 5.58. The minimum atomic E-state index is -4.50. The lowest BCUT2D eigenvalue weighted by Gasteiger charge is -2.10. The van der Waals surface area contributed by atoms with Gasteiger partial charge in [-0.05, 0) is 66.7 Å². The molecule has 0 aromatic heterocycles. The summed E-state index contributed by atoms with van der Waals surface area (Å²) in [7, 11) is 0. The fourth-order valence-electron chi connectivity index (χ4n) is 2.56. The molecule has 0 saturated carbocycles. The smallest absolute Gasteiger partial charge is 0.416 e. The summed E-state index contributed by atoms with van der Waals surface area (Å²) in [6.45, 7) is -0.223. The molecule has 0 heterocycles. The van der Waals surface area contributed by atoms with Crippen molar-refractivity contribution in [3.05, 3.63) is 88.9 Å². The highest BCUT2D eigenvalue weighted by molar-refractivity contribution is 6.30. The van der Waals surface area contributed by atoms with Crippen LogP contribution < -0.4 is 15.4 Å². The van der Waals surface area contributed by atoms with Crippen molar-refractivity contribution in [3.63, 3.8) is 0 Å². The average molecular weight is 449 g/mol. The molecule has 2 N–H and O–H groups in total. The molecule has 9 heteroatoms. The molecule has 5 nitrogen and oxygen atoms in total. The van der Waals surface area contributed by atoms with E-state index in [1.165, 1.54) is 36.4 Å². The molecule has 0 spiro atoms. The van der Waals surface area contributed by atoms with Crippen molar-refractivity contribution >= 4 is 34.8 Å². The van der Waals surface area contributed by atoms with Crippen LogP contribution in [0.5, 0.6) is 5.75 Å². The second-order valence-corrected chi connectivity index (χ2v) is 6.84. The summed E-state index contributed by atoms with van der Waals surface area (Å²) in [5.41, 5.74) is -0.186. The molecule has 31 heavy (non-hydrogen) atoms. The molecule has 0 atom stereocenters. The predicted molar refractivity (Wildman–Crippen MR) is 111 cm³/mol. The van der Waals surface area contributed by atoms with Crippen molar-refractivity contribution in [1.82, 2.24) is 0 Å². The molecule has 0 aliphatic heterocycles. The van der Waals surface area contributed by atoms with E-state index in [-0.39, 0.29) is 17.9 Å². The van der Waals surface area contributed by atoms with Crippen LogP contribution in [0.1, 0.15) is 15.9 Å². The molecule has 0 saturated heterocycles. The van der Waals surface area contributed by atoms with Crippen molar-refractivity contribution in [2.75, 3.05) is 17.2 Å². The van der Waals surface area contributed by atoms with Gasteiger partial charge in [-0.25, -0.2) is 0 Å². The lowest BCUT2D eigenvalue weighted by Crippen LogP contribution is -2.20. The molecule has 160 valence electrons. The van der Waals surface area contributed by atoms with E-state index in [4.69, 9.17) is 16.3 Å². The maximum Gasteiger partial charge on any atom is 0.416 e. The van der Waals surface area contributed by atoms with Crippen molar-refractivity contribution in [1.29, 1.82) is 0 Å². The number of ether oxygens (including phenoxy) is 1. The minimum Gasteiger partial charge on any atom is -0.484 e. The van der Waals surface area contributed by atoms with E-state index in [1.807, 2.05) is 0 Å². The van der Waals surface area contributed by atoms with Crippen molar-refractivity contribution in [2.24, 2.45) is 0 Å². The largest absolute Gasteiger partial charge is 0.484 e. The summed E-state index contributed by atoms with van der Waals surface area (Å²) in [5.74, 6) is -0.499. The number of carbonyl (C=O) groups is 2. The molecular formula is C22H16ClF3N2O3. The fraction of sp³-hybridized carbons (Fsp3) is 0.0909. The van der Waals surface area contributed by atoms with E-state index in [9.17, 15) is 22.8 Å². The quantitative estimate of drug-likeness (QED) is 0.513. The summed E-state index contributed by atoms with van der Waals surface area (Å²) in [6.07, 6.45) is -4.50. The van der Waals surface area contributed by atoms with Gasteiger partial charge in [0.2, 0.25) is 0 Å². The van der Waals surface area contributed by atoms with Crippen LogP contribution >= 0.6 is 11.6 Å². The third kappa shape index (κ3) is 6.48. The zero-order valence-corrected chi connectivity index (χ0v) is 16.6. The number of anilines is 2. The number of benzene rings is 3. The lowest BCUT2D eigenvalue weighted by atomic mass is 10.1. The van der Waals surface area contributed by atoms with Crippen LogP contribution in [0.2, 0.25) is 5.02 Å². The lowest BCUT2D eigenvalue weighted by molar-refractivity contribution is -0.137. The number of halogens is 4. The Hall–Kier alpha value is -3.52. The van der Waals surface area contributed by atoms with Crippen LogP contribution in [0, 0.1) is 0 Å². The maximum absolute atomic E-state index is 12.8. The van der Waals surface area contributed by atoms with Gasteiger partial charge in [-0.1, -0.05) is 17.7 Å². The first-order chi connectivity index (χ1) is 14.7. The molecular weight excluding hydrogens is 433 g/mol. The van der Waals surface area contributed by atoms with Crippen molar-refractivity contribution in [3.8, 4) is 5.75 Å². The van der Waals surface area contributed by atoms with Gasteiger partial charge in [-0.3, -0.25) is 9.59 Å². The number of hydrogen-bond donors (Lipinski definition) is 2. The first kappa shape index (κ1) is 22.2. The highest BCUT2D eigenvalue weighted by Gasteiger charge is 2.30. The van der Waals surface area contributed by atoms with Crippen molar-refractivity contribution in [2.45, 2.75) is 6.18 Å².